The number of aryl methyl sites for hydroxylation is 2. The van der Waals surface area contributed by atoms with E-state index in [0.717, 1.165) is 17.7 Å². The predicted molar refractivity (Wildman–Crippen MR) is 84.0 cm³/mol. The van der Waals surface area contributed by atoms with Crippen LogP contribution in [0.4, 0.5) is 11.5 Å². The van der Waals surface area contributed by atoms with E-state index in [1.54, 1.807) is 6.20 Å². The number of para-hydroxylation sites is 1. The number of aromatic nitrogens is 1. The molecule has 0 bridgehead atoms. The lowest BCUT2D eigenvalue weighted by molar-refractivity contribution is 1.13. The summed E-state index contributed by atoms with van der Waals surface area (Å²) in [7, 11) is 0. The van der Waals surface area contributed by atoms with E-state index in [4.69, 9.17) is 18.0 Å². The second kappa shape index (κ2) is 5.80. The highest BCUT2D eigenvalue weighted by atomic mass is 32.1. The smallest absolute Gasteiger partial charge is 0.140 e. The van der Waals surface area contributed by atoms with Gasteiger partial charge in [0.2, 0.25) is 0 Å². The van der Waals surface area contributed by atoms with Gasteiger partial charge in [0.1, 0.15) is 10.8 Å². The third kappa shape index (κ3) is 2.90. The number of rotatable bonds is 4. The van der Waals surface area contributed by atoms with Crippen LogP contribution in [0.3, 0.4) is 0 Å². The van der Waals surface area contributed by atoms with Crippen molar-refractivity contribution in [2.24, 2.45) is 5.73 Å². The standard InChI is InChI=1S/C15H17N3S/c1-3-11-7-4-6-10(2)13(11)18-15-12(14(16)19)8-5-9-17-15/h4-9H,3H2,1-2H3,(H2,16,19)(H,17,18). The number of pyridine rings is 1. The van der Waals surface area contributed by atoms with Crippen molar-refractivity contribution in [1.29, 1.82) is 0 Å². The zero-order valence-electron chi connectivity index (χ0n) is 11.1. The minimum absolute atomic E-state index is 0.349. The van der Waals surface area contributed by atoms with Crippen LogP contribution in [0.2, 0.25) is 0 Å². The predicted octanol–water partition coefficient (Wildman–Crippen LogP) is 3.33. The molecule has 0 saturated carbocycles. The van der Waals surface area contributed by atoms with Crippen molar-refractivity contribution in [3.63, 3.8) is 0 Å². The Morgan fingerprint density at radius 3 is 2.79 bits per heavy atom. The molecular formula is C15H17N3S. The van der Waals surface area contributed by atoms with Crippen LogP contribution in [0.25, 0.3) is 0 Å². The molecule has 3 nitrogen and oxygen atoms in total. The second-order valence-corrected chi connectivity index (χ2v) is 4.79. The number of nitrogens with two attached hydrogens (primary N) is 1. The van der Waals surface area contributed by atoms with Gasteiger partial charge in [-0.1, -0.05) is 37.3 Å². The Morgan fingerprint density at radius 1 is 1.32 bits per heavy atom. The third-order valence-electron chi connectivity index (χ3n) is 3.06. The molecule has 0 radical (unpaired) electrons. The van der Waals surface area contributed by atoms with Crippen LogP contribution in [-0.2, 0) is 6.42 Å². The van der Waals surface area contributed by atoms with E-state index in [9.17, 15) is 0 Å². The molecule has 2 aromatic rings. The number of hydrogen-bond acceptors (Lipinski definition) is 3. The molecule has 0 unspecified atom stereocenters. The summed E-state index contributed by atoms with van der Waals surface area (Å²) in [6.07, 6.45) is 2.69. The van der Waals surface area contributed by atoms with Gasteiger partial charge in [-0.15, -0.1) is 0 Å². The van der Waals surface area contributed by atoms with Gasteiger partial charge in [-0.3, -0.25) is 0 Å². The molecule has 0 aliphatic heterocycles. The molecular weight excluding hydrogens is 254 g/mol. The van der Waals surface area contributed by atoms with Gasteiger partial charge in [0.25, 0.3) is 0 Å². The van der Waals surface area contributed by atoms with E-state index in [2.05, 4.69) is 42.3 Å². The van der Waals surface area contributed by atoms with Crippen LogP contribution in [0, 0.1) is 6.92 Å². The van der Waals surface area contributed by atoms with Crippen LogP contribution in [0.1, 0.15) is 23.6 Å². The number of hydrogen-bond donors (Lipinski definition) is 2. The number of thiocarbonyl (C=S) groups is 1. The number of nitrogens with zero attached hydrogens (tertiary/aromatic N) is 1. The molecule has 1 heterocycles. The maximum absolute atomic E-state index is 5.73. The van der Waals surface area contributed by atoms with E-state index < -0.39 is 0 Å². The van der Waals surface area contributed by atoms with Crippen molar-refractivity contribution in [1.82, 2.24) is 4.98 Å². The van der Waals surface area contributed by atoms with Gasteiger partial charge in [0.05, 0.1) is 5.56 Å². The van der Waals surface area contributed by atoms with E-state index in [1.807, 2.05) is 12.1 Å². The molecule has 0 fully saturated rings. The molecule has 1 aromatic carbocycles. The fourth-order valence-corrected chi connectivity index (χ4v) is 2.19. The van der Waals surface area contributed by atoms with Crippen molar-refractivity contribution in [3.05, 3.63) is 53.2 Å². The zero-order chi connectivity index (χ0) is 13.8. The summed E-state index contributed by atoms with van der Waals surface area (Å²) in [5.74, 6) is 0.707. The van der Waals surface area contributed by atoms with Crippen LogP contribution in [0.15, 0.2) is 36.5 Å². The first kappa shape index (κ1) is 13.5. The first-order valence-electron chi connectivity index (χ1n) is 6.23. The second-order valence-electron chi connectivity index (χ2n) is 4.35. The van der Waals surface area contributed by atoms with Gasteiger partial charge in [-0.2, -0.15) is 0 Å². The quantitative estimate of drug-likeness (QED) is 0.837. The zero-order valence-corrected chi connectivity index (χ0v) is 11.9. The third-order valence-corrected chi connectivity index (χ3v) is 3.28. The fourth-order valence-electron chi connectivity index (χ4n) is 2.02. The Bertz CT molecular complexity index is 608. The van der Waals surface area contributed by atoms with Crippen molar-refractivity contribution < 1.29 is 0 Å². The molecule has 0 saturated heterocycles. The first-order valence-corrected chi connectivity index (χ1v) is 6.64. The number of anilines is 2. The minimum Gasteiger partial charge on any atom is -0.389 e. The monoisotopic (exact) mass is 271 g/mol. The highest BCUT2D eigenvalue weighted by Crippen LogP contribution is 2.26. The van der Waals surface area contributed by atoms with Gasteiger partial charge in [0, 0.05) is 11.9 Å². The summed E-state index contributed by atoms with van der Waals surface area (Å²) in [5.41, 5.74) is 10.0. The molecule has 3 N–H and O–H groups in total. The summed E-state index contributed by atoms with van der Waals surface area (Å²) >= 11 is 5.06. The Hall–Kier alpha value is -1.94. The summed E-state index contributed by atoms with van der Waals surface area (Å²) < 4.78 is 0. The topological polar surface area (TPSA) is 50.9 Å². The van der Waals surface area contributed by atoms with Crippen LogP contribution < -0.4 is 11.1 Å². The summed E-state index contributed by atoms with van der Waals surface area (Å²) in [5, 5.41) is 3.36. The molecule has 4 heteroatoms. The van der Waals surface area contributed by atoms with Gasteiger partial charge >= 0.3 is 0 Å². The van der Waals surface area contributed by atoms with Crippen molar-refractivity contribution in [2.45, 2.75) is 20.3 Å². The Balaban J connectivity index is 2.45. The van der Waals surface area contributed by atoms with Crippen LogP contribution in [0.5, 0.6) is 0 Å². The van der Waals surface area contributed by atoms with E-state index in [0.29, 0.717) is 10.8 Å². The Labute approximate surface area is 118 Å². The van der Waals surface area contributed by atoms with Crippen molar-refractivity contribution >= 4 is 28.7 Å². The van der Waals surface area contributed by atoms with Crippen molar-refractivity contribution in [2.75, 3.05) is 5.32 Å². The van der Waals surface area contributed by atoms with E-state index in [1.165, 1.54) is 11.1 Å². The molecule has 0 amide bonds. The highest BCUT2D eigenvalue weighted by molar-refractivity contribution is 7.80. The molecule has 19 heavy (non-hydrogen) atoms. The molecule has 0 aliphatic carbocycles. The fraction of sp³-hybridized carbons (Fsp3) is 0.200. The highest BCUT2D eigenvalue weighted by Gasteiger charge is 2.09. The van der Waals surface area contributed by atoms with Gasteiger partial charge in [0.15, 0.2) is 0 Å². The maximum atomic E-state index is 5.73. The van der Waals surface area contributed by atoms with Crippen LogP contribution in [-0.4, -0.2) is 9.97 Å². The van der Waals surface area contributed by atoms with Gasteiger partial charge in [-0.25, -0.2) is 4.98 Å². The maximum Gasteiger partial charge on any atom is 0.140 e. The Morgan fingerprint density at radius 2 is 2.11 bits per heavy atom. The molecule has 1 aromatic heterocycles. The summed E-state index contributed by atoms with van der Waals surface area (Å²) in [4.78, 5) is 4.68. The molecule has 2 rings (SSSR count). The van der Waals surface area contributed by atoms with E-state index in [-0.39, 0.29) is 0 Å². The number of benzene rings is 1. The van der Waals surface area contributed by atoms with Gasteiger partial charge < -0.3 is 11.1 Å². The lowest BCUT2D eigenvalue weighted by atomic mass is 10.1. The average Bonchev–Trinajstić information content (AvgIpc) is 2.41. The lowest BCUT2D eigenvalue weighted by Gasteiger charge is -2.15. The SMILES string of the molecule is CCc1cccc(C)c1Nc1ncccc1C(N)=S. The number of nitrogens with one attached hydrogen (secondary N) is 1. The minimum atomic E-state index is 0.349. The van der Waals surface area contributed by atoms with Crippen LogP contribution >= 0.6 is 12.2 Å². The molecule has 0 atom stereocenters. The van der Waals surface area contributed by atoms with Gasteiger partial charge in [-0.05, 0) is 36.6 Å². The Kier molecular flexibility index (Phi) is 4.12. The van der Waals surface area contributed by atoms with E-state index >= 15 is 0 Å². The first-order chi connectivity index (χ1) is 9.13. The summed E-state index contributed by atoms with van der Waals surface area (Å²) in [6.45, 7) is 4.21. The molecule has 0 spiro atoms. The largest absolute Gasteiger partial charge is 0.389 e. The normalized spacial score (nSPS) is 10.2. The average molecular weight is 271 g/mol. The summed E-state index contributed by atoms with van der Waals surface area (Å²) in [6, 6.07) is 9.95. The molecule has 0 aliphatic rings. The lowest BCUT2D eigenvalue weighted by Crippen LogP contribution is -2.13. The molecule has 98 valence electrons. The van der Waals surface area contributed by atoms with Crippen molar-refractivity contribution in [3.8, 4) is 0 Å².